The average molecular weight is 177 g/mol. The van der Waals surface area contributed by atoms with Gasteiger partial charge in [-0.3, -0.25) is 4.79 Å². The summed E-state index contributed by atoms with van der Waals surface area (Å²) in [6.07, 6.45) is 2.66. The molecule has 0 unspecified atom stereocenters. The summed E-state index contributed by atoms with van der Waals surface area (Å²) in [5, 5.41) is 4.25. The minimum absolute atomic E-state index is 0.0767. The number of hydrogen-bond donors (Lipinski definition) is 1. The molecule has 0 radical (unpaired) electrons. The fraction of sp³-hybridized carbons (Fsp3) is 0.333. The number of rotatable bonds is 1. The highest BCUT2D eigenvalue weighted by Crippen LogP contribution is 2.02. The summed E-state index contributed by atoms with van der Waals surface area (Å²) in [7, 11) is 0. The van der Waals surface area contributed by atoms with Crippen LogP contribution in [0.4, 0.5) is 0 Å². The van der Waals surface area contributed by atoms with Crippen LogP contribution in [-0.4, -0.2) is 14.6 Å². The third-order valence-electron chi connectivity index (χ3n) is 2.01. The van der Waals surface area contributed by atoms with Crippen LogP contribution in [0.25, 0.3) is 5.52 Å². The molecule has 0 spiro atoms. The summed E-state index contributed by atoms with van der Waals surface area (Å²) in [4.78, 5) is 14.1. The van der Waals surface area contributed by atoms with E-state index in [4.69, 9.17) is 0 Å². The van der Waals surface area contributed by atoms with Crippen molar-refractivity contribution in [2.24, 2.45) is 0 Å². The van der Waals surface area contributed by atoms with Gasteiger partial charge in [0.1, 0.15) is 5.52 Å². The maximum absolute atomic E-state index is 11.4. The predicted molar refractivity (Wildman–Crippen MR) is 49.9 cm³/mol. The molecule has 0 saturated heterocycles. The maximum atomic E-state index is 11.4. The summed E-state index contributed by atoms with van der Waals surface area (Å²) in [6.45, 7) is 3.86. The van der Waals surface area contributed by atoms with E-state index < -0.39 is 0 Å². The van der Waals surface area contributed by atoms with Gasteiger partial charge in [-0.15, -0.1) is 0 Å². The van der Waals surface area contributed by atoms with Crippen LogP contribution in [0.1, 0.15) is 18.3 Å². The molecule has 4 nitrogen and oxygen atoms in total. The van der Waals surface area contributed by atoms with Crippen molar-refractivity contribution in [2.45, 2.75) is 20.3 Å². The van der Waals surface area contributed by atoms with Crippen LogP contribution in [0, 0.1) is 6.92 Å². The Morgan fingerprint density at radius 2 is 2.38 bits per heavy atom. The normalized spacial score (nSPS) is 10.9. The van der Waals surface area contributed by atoms with Crippen LogP contribution in [0.2, 0.25) is 0 Å². The molecular formula is C9H11N3O. The first-order valence-corrected chi connectivity index (χ1v) is 4.29. The van der Waals surface area contributed by atoms with E-state index in [-0.39, 0.29) is 5.56 Å². The zero-order chi connectivity index (χ0) is 9.42. The second-order valence-electron chi connectivity index (χ2n) is 3.09. The molecule has 0 atom stereocenters. The summed E-state index contributed by atoms with van der Waals surface area (Å²) >= 11 is 0. The highest BCUT2D eigenvalue weighted by atomic mass is 16.1. The molecule has 68 valence electrons. The Labute approximate surface area is 75.2 Å². The van der Waals surface area contributed by atoms with Gasteiger partial charge in [-0.1, -0.05) is 6.92 Å². The van der Waals surface area contributed by atoms with Crippen LogP contribution in [-0.2, 0) is 6.42 Å². The van der Waals surface area contributed by atoms with Crippen molar-refractivity contribution in [3.05, 3.63) is 34.0 Å². The molecule has 2 aromatic heterocycles. The number of aryl methyl sites for hydroxylation is 2. The largest absolute Gasteiger partial charge is 0.323 e. The fourth-order valence-electron chi connectivity index (χ4n) is 1.34. The average Bonchev–Trinajstić information content (AvgIpc) is 2.47. The minimum Gasteiger partial charge on any atom is -0.323 e. The van der Waals surface area contributed by atoms with E-state index in [9.17, 15) is 4.79 Å². The zero-order valence-corrected chi connectivity index (χ0v) is 7.66. The Bertz CT molecular complexity index is 495. The summed E-state index contributed by atoms with van der Waals surface area (Å²) in [6, 6.07) is 1.82. The first kappa shape index (κ1) is 8.04. The maximum Gasteiger partial charge on any atom is 0.274 e. The molecular weight excluding hydrogens is 166 g/mol. The van der Waals surface area contributed by atoms with Crippen LogP contribution in [0.3, 0.4) is 0 Å². The molecule has 2 aromatic rings. The van der Waals surface area contributed by atoms with E-state index in [1.165, 1.54) is 0 Å². The van der Waals surface area contributed by atoms with E-state index in [1.807, 2.05) is 26.1 Å². The molecule has 0 fully saturated rings. The van der Waals surface area contributed by atoms with Crippen LogP contribution >= 0.6 is 0 Å². The number of fused-ring (bicyclic) bond motifs is 1. The van der Waals surface area contributed by atoms with Gasteiger partial charge in [-0.2, -0.15) is 5.10 Å². The van der Waals surface area contributed by atoms with Crippen molar-refractivity contribution in [1.29, 1.82) is 0 Å². The standard InChI is InChI=1S/C9H11N3O/c1-3-7-4-8-9(13)10-6(2)5-12(8)11-7/h4-5H,3H2,1-2H3,(H,10,13). The summed E-state index contributed by atoms with van der Waals surface area (Å²) < 4.78 is 1.63. The lowest BCUT2D eigenvalue weighted by molar-refractivity contribution is 0.874. The number of hydrogen-bond acceptors (Lipinski definition) is 2. The van der Waals surface area contributed by atoms with E-state index >= 15 is 0 Å². The Morgan fingerprint density at radius 3 is 3.08 bits per heavy atom. The van der Waals surface area contributed by atoms with Gasteiger partial charge in [0.05, 0.1) is 5.69 Å². The lowest BCUT2D eigenvalue weighted by Crippen LogP contribution is -2.10. The molecule has 0 saturated carbocycles. The monoisotopic (exact) mass is 177 g/mol. The highest BCUT2D eigenvalue weighted by Gasteiger charge is 2.03. The third kappa shape index (κ3) is 1.24. The SMILES string of the molecule is CCc1cc2c(=O)[nH]c(C)cn2n1. The Hall–Kier alpha value is -1.58. The van der Waals surface area contributed by atoms with Gasteiger partial charge in [-0.25, -0.2) is 4.52 Å². The van der Waals surface area contributed by atoms with E-state index in [1.54, 1.807) is 4.52 Å². The van der Waals surface area contributed by atoms with Crippen molar-refractivity contribution in [2.75, 3.05) is 0 Å². The molecule has 0 bridgehead atoms. The van der Waals surface area contributed by atoms with E-state index in [2.05, 4.69) is 10.1 Å². The lowest BCUT2D eigenvalue weighted by atomic mass is 10.3. The topological polar surface area (TPSA) is 50.2 Å². The summed E-state index contributed by atoms with van der Waals surface area (Å²) in [5.41, 5.74) is 2.30. The second kappa shape index (κ2) is 2.73. The van der Waals surface area contributed by atoms with E-state index in [0.29, 0.717) is 5.52 Å². The van der Waals surface area contributed by atoms with Crippen LogP contribution < -0.4 is 5.56 Å². The molecule has 13 heavy (non-hydrogen) atoms. The molecule has 0 amide bonds. The van der Waals surface area contributed by atoms with Gasteiger partial charge in [0.15, 0.2) is 0 Å². The van der Waals surface area contributed by atoms with Crippen molar-refractivity contribution in [3.63, 3.8) is 0 Å². The van der Waals surface area contributed by atoms with Crippen LogP contribution in [0.15, 0.2) is 17.1 Å². The van der Waals surface area contributed by atoms with Crippen molar-refractivity contribution >= 4 is 5.52 Å². The highest BCUT2D eigenvalue weighted by molar-refractivity contribution is 5.45. The number of H-pyrrole nitrogens is 1. The fourth-order valence-corrected chi connectivity index (χ4v) is 1.34. The number of aromatic nitrogens is 3. The van der Waals surface area contributed by atoms with E-state index in [0.717, 1.165) is 17.8 Å². The van der Waals surface area contributed by atoms with Gasteiger partial charge in [-0.05, 0) is 19.4 Å². The van der Waals surface area contributed by atoms with Crippen molar-refractivity contribution in [3.8, 4) is 0 Å². The molecule has 0 aliphatic carbocycles. The van der Waals surface area contributed by atoms with Crippen molar-refractivity contribution < 1.29 is 0 Å². The smallest absolute Gasteiger partial charge is 0.274 e. The molecule has 2 heterocycles. The number of nitrogens with zero attached hydrogens (tertiary/aromatic N) is 2. The molecule has 4 heteroatoms. The summed E-state index contributed by atoms with van der Waals surface area (Å²) in [5.74, 6) is 0. The van der Waals surface area contributed by atoms with Crippen LogP contribution in [0.5, 0.6) is 0 Å². The van der Waals surface area contributed by atoms with Gasteiger partial charge in [0, 0.05) is 11.9 Å². The lowest BCUT2D eigenvalue weighted by Gasteiger charge is -1.93. The molecule has 0 aliphatic heterocycles. The van der Waals surface area contributed by atoms with Gasteiger partial charge >= 0.3 is 0 Å². The first-order chi connectivity index (χ1) is 6.20. The third-order valence-corrected chi connectivity index (χ3v) is 2.01. The molecule has 0 aliphatic rings. The molecule has 2 rings (SSSR count). The Morgan fingerprint density at radius 1 is 1.62 bits per heavy atom. The second-order valence-corrected chi connectivity index (χ2v) is 3.09. The molecule has 0 aromatic carbocycles. The molecule has 1 N–H and O–H groups in total. The Balaban J connectivity index is 2.83. The van der Waals surface area contributed by atoms with Gasteiger partial charge < -0.3 is 4.98 Å². The Kier molecular flexibility index (Phi) is 1.69. The van der Waals surface area contributed by atoms with Gasteiger partial charge in [0.2, 0.25) is 0 Å². The quantitative estimate of drug-likeness (QED) is 0.703. The predicted octanol–water partition coefficient (Wildman–Crippen LogP) is 0.893. The number of nitrogens with one attached hydrogen (secondary N) is 1. The van der Waals surface area contributed by atoms with Gasteiger partial charge in [0.25, 0.3) is 5.56 Å². The number of aromatic amines is 1. The zero-order valence-electron chi connectivity index (χ0n) is 7.66. The first-order valence-electron chi connectivity index (χ1n) is 4.29. The minimum atomic E-state index is -0.0767. The van der Waals surface area contributed by atoms with Crippen molar-refractivity contribution in [1.82, 2.24) is 14.6 Å².